The van der Waals surface area contributed by atoms with Gasteiger partial charge in [0.15, 0.2) is 0 Å². The molecule has 0 bridgehead atoms. The van der Waals surface area contributed by atoms with E-state index in [-0.39, 0.29) is 11.8 Å². The molecule has 0 atom stereocenters. The highest BCUT2D eigenvalue weighted by atomic mass is 32.2. The van der Waals surface area contributed by atoms with Crippen LogP contribution in [0, 0.1) is 0 Å². The fourth-order valence-electron chi connectivity index (χ4n) is 2.96. The molecule has 5 nitrogen and oxygen atoms in total. The number of thioether (sulfide) groups is 1. The first kappa shape index (κ1) is 15.1. The lowest BCUT2D eigenvalue weighted by molar-refractivity contribution is 0.0772. The number of amides is 2. The summed E-state index contributed by atoms with van der Waals surface area (Å²) in [4.78, 5) is 26.9. The van der Waals surface area contributed by atoms with Crippen LogP contribution in [-0.4, -0.2) is 41.3 Å². The van der Waals surface area contributed by atoms with Crippen molar-refractivity contribution in [3.05, 3.63) is 53.6 Å². The Morgan fingerprint density at radius 3 is 2.58 bits per heavy atom. The molecule has 2 aromatic rings. The molecule has 2 heterocycles. The molecule has 1 saturated heterocycles. The van der Waals surface area contributed by atoms with Crippen LogP contribution >= 0.6 is 11.8 Å². The summed E-state index contributed by atoms with van der Waals surface area (Å²) in [6.07, 6.45) is 0. The van der Waals surface area contributed by atoms with E-state index in [4.69, 9.17) is 0 Å². The Labute approximate surface area is 144 Å². The number of carbonyl (C=O) groups is 2. The third-order valence-electron chi connectivity index (χ3n) is 4.25. The van der Waals surface area contributed by atoms with Crippen molar-refractivity contribution in [3.8, 4) is 0 Å². The lowest BCUT2D eigenvalue weighted by Gasteiger charge is -2.26. The number of hydrogen-bond donors (Lipinski definition) is 2. The first-order valence-electron chi connectivity index (χ1n) is 7.91. The van der Waals surface area contributed by atoms with Gasteiger partial charge >= 0.3 is 0 Å². The summed E-state index contributed by atoms with van der Waals surface area (Å²) in [6, 6.07) is 12.8. The molecule has 0 aliphatic carbocycles. The highest BCUT2D eigenvalue weighted by Gasteiger charge is 2.22. The van der Waals surface area contributed by atoms with E-state index in [0.717, 1.165) is 36.0 Å². The minimum Gasteiger partial charge on any atom is -0.353 e. The molecule has 0 unspecified atom stereocenters. The van der Waals surface area contributed by atoms with Crippen molar-refractivity contribution in [1.82, 2.24) is 4.90 Å². The molecule has 0 spiro atoms. The van der Waals surface area contributed by atoms with Crippen molar-refractivity contribution in [3.63, 3.8) is 0 Å². The van der Waals surface area contributed by atoms with Gasteiger partial charge in [-0.3, -0.25) is 9.59 Å². The van der Waals surface area contributed by atoms with Gasteiger partial charge in [0.25, 0.3) is 11.8 Å². The normalized spacial score (nSPS) is 16.3. The van der Waals surface area contributed by atoms with Crippen LogP contribution in [0.5, 0.6) is 0 Å². The first-order chi connectivity index (χ1) is 11.7. The van der Waals surface area contributed by atoms with Crippen LogP contribution in [0.2, 0.25) is 0 Å². The van der Waals surface area contributed by atoms with Crippen molar-refractivity contribution in [2.45, 2.75) is 0 Å². The number of rotatable bonds is 1. The topological polar surface area (TPSA) is 61.4 Å². The number of anilines is 3. The van der Waals surface area contributed by atoms with Gasteiger partial charge in [0, 0.05) is 30.2 Å². The summed E-state index contributed by atoms with van der Waals surface area (Å²) in [5.41, 5.74) is 3.39. The summed E-state index contributed by atoms with van der Waals surface area (Å²) >= 11 is 1.87. The molecule has 6 heteroatoms. The van der Waals surface area contributed by atoms with Gasteiger partial charge in [-0.25, -0.2) is 0 Å². The third-order valence-corrected chi connectivity index (χ3v) is 5.20. The largest absolute Gasteiger partial charge is 0.353 e. The average molecular weight is 339 g/mol. The maximum atomic E-state index is 12.7. The molecule has 122 valence electrons. The molecule has 0 radical (unpaired) electrons. The molecule has 4 rings (SSSR count). The van der Waals surface area contributed by atoms with E-state index in [2.05, 4.69) is 10.6 Å². The van der Waals surface area contributed by atoms with Crippen molar-refractivity contribution < 1.29 is 9.59 Å². The SMILES string of the molecule is O=C1Nc2cc(C(=O)N3CCSCC3)ccc2Nc2ccccc21. The lowest BCUT2D eigenvalue weighted by atomic mass is 10.1. The quantitative estimate of drug-likeness (QED) is 0.838. The number of para-hydroxylation sites is 1. The third kappa shape index (κ3) is 2.73. The molecule has 24 heavy (non-hydrogen) atoms. The van der Waals surface area contributed by atoms with Crippen molar-refractivity contribution in [2.24, 2.45) is 0 Å². The van der Waals surface area contributed by atoms with Gasteiger partial charge < -0.3 is 15.5 Å². The highest BCUT2D eigenvalue weighted by Crippen LogP contribution is 2.32. The minimum atomic E-state index is -0.171. The van der Waals surface area contributed by atoms with Crippen LogP contribution in [0.25, 0.3) is 0 Å². The number of hydrogen-bond acceptors (Lipinski definition) is 4. The molecule has 0 saturated carbocycles. The minimum absolute atomic E-state index is 0.0223. The number of carbonyl (C=O) groups excluding carboxylic acids is 2. The Balaban J connectivity index is 1.65. The van der Waals surface area contributed by atoms with E-state index in [1.807, 2.05) is 47.0 Å². The molecular weight excluding hydrogens is 322 g/mol. The van der Waals surface area contributed by atoms with Crippen molar-refractivity contribution in [1.29, 1.82) is 0 Å². The van der Waals surface area contributed by atoms with Gasteiger partial charge in [0.2, 0.25) is 0 Å². The Hall–Kier alpha value is -2.47. The van der Waals surface area contributed by atoms with E-state index in [1.165, 1.54) is 0 Å². The van der Waals surface area contributed by atoms with Crippen LogP contribution in [0.15, 0.2) is 42.5 Å². The van der Waals surface area contributed by atoms with Crippen LogP contribution in [0.3, 0.4) is 0 Å². The summed E-state index contributed by atoms with van der Waals surface area (Å²) in [5, 5.41) is 6.17. The van der Waals surface area contributed by atoms with Crippen LogP contribution in [-0.2, 0) is 0 Å². The zero-order valence-corrected chi connectivity index (χ0v) is 13.9. The van der Waals surface area contributed by atoms with E-state index in [9.17, 15) is 9.59 Å². The Morgan fingerprint density at radius 1 is 0.958 bits per heavy atom. The maximum Gasteiger partial charge on any atom is 0.257 e. The predicted octanol–water partition coefficient (Wildman–Crippen LogP) is 3.18. The van der Waals surface area contributed by atoms with Crippen LogP contribution < -0.4 is 10.6 Å². The second-order valence-corrected chi connectivity index (χ2v) is 7.01. The fraction of sp³-hybridized carbons (Fsp3) is 0.222. The van der Waals surface area contributed by atoms with Crippen LogP contribution in [0.4, 0.5) is 17.1 Å². The average Bonchev–Trinajstić information content (AvgIpc) is 2.77. The van der Waals surface area contributed by atoms with Gasteiger partial charge in [0.05, 0.1) is 22.6 Å². The second kappa shape index (κ2) is 6.20. The molecule has 2 N–H and O–H groups in total. The van der Waals surface area contributed by atoms with E-state index in [1.54, 1.807) is 12.1 Å². The summed E-state index contributed by atoms with van der Waals surface area (Å²) in [7, 11) is 0. The summed E-state index contributed by atoms with van der Waals surface area (Å²) in [5.74, 6) is 1.80. The molecule has 0 aromatic heterocycles. The zero-order valence-electron chi connectivity index (χ0n) is 13.0. The number of nitrogens with zero attached hydrogens (tertiary/aromatic N) is 1. The Morgan fingerprint density at radius 2 is 1.75 bits per heavy atom. The Bertz CT molecular complexity index is 816. The molecule has 2 amide bonds. The van der Waals surface area contributed by atoms with Gasteiger partial charge in [0.1, 0.15) is 0 Å². The Kier molecular flexibility index (Phi) is 3.90. The van der Waals surface area contributed by atoms with E-state index >= 15 is 0 Å². The molecule has 2 aliphatic heterocycles. The van der Waals surface area contributed by atoms with E-state index < -0.39 is 0 Å². The number of nitrogens with one attached hydrogen (secondary N) is 2. The first-order valence-corrected chi connectivity index (χ1v) is 9.06. The fourth-order valence-corrected chi connectivity index (χ4v) is 3.87. The zero-order chi connectivity index (χ0) is 16.5. The smallest absolute Gasteiger partial charge is 0.257 e. The van der Waals surface area contributed by atoms with Gasteiger partial charge in [-0.2, -0.15) is 11.8 Å². The number of benzene rings is 2. The van der Waals surface area contributed by atoms with Gasteiger partial charge in [-0.1, -0.05) is 12.1 Å². The summed E-state index contributed by atoms with van der Waals surface area (Å²) < 4.78 is 0. The lowest BCUT2D eigenvalue weighted by Crippen LogP contribution is -2.37. The summed E-state index contributed by atoms with van der Waals surface area (Å²) in [6.45, 7) is 1.55. The standard InChI is InChI=1S/C18H17N3O2S/c22-17-13-3-1-2-4-14(13)19-15-6-5-12(11-16(15)20-17)18(23)21-7-9-24-10-8-21/h1-6,11,19H,7-10H2,(H,20,22). The molecular formula is C18H17N3O2S. The van der Waals surface area contributed by atoms with Crippen molar-refractivity contribution >= 4 is 40.6 Å². The molecule has 2 aromatic carbocycles. The monoisotopic (exact) mass is 339 g/mol. The molecule has 2 aliphatic rings. The van der Waals surface area contributed by atoms with Crippen LogP contribution in [0.1, 0.15) is 20.7 Å². The highest BCUT2D eigenvalue weighted by molar-refractivity contribution is 7.99. The van der Waals surface area contributed by atoms with E-state index in [0.29, 0.717) is 16.8 Å². The molecule has 1 fully saturated rings. The maximum absolute atomic E-state index is 12.7. The number of fused-ring (bicyclic) bond motifs is 2. The van der Waals surface area contributed by atoms with Gasteiger partial charge in [-0.15, -0.1) is 0 Å². The second-order valence-electron chi connectivity index (χ2n) is 5.79. The van der Waals surface area contributed by atoms with Crippen molar-refractivity contribution in [2.75, 3.05) is 35.2 Å². The predicted molar refractivity (Wildman–Crippen MR) is 97.3 cm³/mol. The van der Waals surface area contributed by atoms with Gasteiger partial charge in [-0.05, 0) is 30.3 Å².